The van der Waals surface area contributed by atoms with Gasteiger partial charge in [-0.2, -0.15) is 0 Å². The van der Waals surface area contributed by atoms with Crippen molar-refractivity contribution >= 4 is 17.7 Å². The Bertz CT molecular complexity index is 480. The summed E-state index contributed by atoms with van der Waals surface area (Å²) in [5, 5.41) is 0. The largest absolute Gasteiger partial charge is 0.496 e. The molecule has 5 nitrogen and oxygen atoms in total. The van der Waals surface area contributed by atoms with E-state index in [1.807, 2.05) is 18.2 Å². The van der Waals surface area contributed by atoms with Crippen LogP contribution in [0.5, 0.6) is 5.75 Å². The fourth-order valence-electron chi connectivity index (χ4n) is 2.03. The Labute approximate surface area is 112 Å². The number of hydrogen-bond acceptors (Lipinski definition) is 4. The van der Waals surface area contributed by atoms with Crippen molar-refractivity contribution in [2.45, 2.75) is 0 Å². The molecular weight excluding hydrogens is 244 g/mol. The van der Waals surface area contributed by atoms with Gasteiger partial charge >= 0.3 is 0 Å². The van der Waals surface area contributed by atoms with Gasteiger partial charge in [-0.3, -0.25) is 4.79 Å². The van der Waals surface area contributed by atoms with Gasteiger partial charge in [-0.05, 0) is 18.2 Å². The second-order valence-electron chi connectivity index (χ2n) is 4.26. The summed E-state index contributed by atoms with van der Waals surface area (Å²) in [5.41, 5.74) is 7.02. The fourth-order valence-corrected chi connectivity index (χ4v) is 2.03. The van der Waals surface area contributed by atoms with Crippen LogP contribution in [0.3, 0.4) is 0 Å². The lowest BCUT2D eigenvalue weighted by Gasteiger charge is -2.29. The van der Waals surface area contributed by atoms with E-state index in [1.54, 1.807) is 13.2 Å². The van der Waals surface area contributed by atoms with Gasteiger partial charge in [0.05, 0.1) is 20.3 Å². The normalized spacial score (nSPS) is 15.7. The minimum Gasteiger partial charge on any atom is -0.496 e. The van der Waals surface area contributed by atoms with Crippen molar-refractivity contribution in [3.63, 3.8) is 0 Å². The van der Waals surface area contributed by atoms with E-state index in [-0.39, 0.29) is 0 Å². The van der Waals surface area contributed by atoms with E-state index in [0.717, 1.165) is 43.3 Å². The molecule has 1 aromatic carbocycles. The maximum Gasteiger partial charge on any atom is 0.241 e. The van der Waals surface area contributed by atoms with E-state index in [4.69, 9.17) is 15.2 Å². The third-order valence-electron chi connectivity index (χ3n) is 3.02. The van der Waals surface area contributed by atoms with Crippen molar-refractivity contribution in [2.75, 3.05) is 38.3 Å². The van der Waals surface area contributed by atoms with Crippen LogP contribution in [0.4, 0.5) is 5.69 Å². The first-order chi connectivity index (χ1) is 9.20. The zero-order valence-electron chi connectivity index (χ0n) is 11.0. The number of anilines is 1. The van der Waals surface area contributed by atoms with Gasteiger partial charge in [0.15, 0.2) is 0 Å². The average molecular weight is 262 g/mol. The molecule has 1 aromatic rings. The Kier molecular flexibility index (Phi) is 4.41. The molecule has 0 unspecified atom stereocenters. The topological polar surface area (TPSA) is 64.8 Å². The van der Waals surface area contributed by atoms with Crippen LogP contribution < -0.4 is 15.4 Å². The molecule has 1 heterocycles. The molecule has 1 amide bonds. The minimum atomic E-state index is -0.473. The lowest BCUT2D eigenvalue weighted by molar-refractivity contribution is -0.113. The van der Waals surface area contributed by atoms with Gasteiger partial charge in [-0.15, -0.1) is 0 Å². The van der Waals surface area contributed by atoms with E-state index in [2.05, 4.69) is 4.90 Å². The summed E-state index contributed by atoms with van der Waals surface area (Å²) in [6.07, 6.45) is 2.98. The summed E-state index contributed by atoms with van der Waals surface area (Å²) < 4.78 is 10.7. The number of nitrogens with two attached hydrogens (primary N) is 1. The highest BCUT2D eigenvalue weighted by Crippen LogP contribution is 2.27. The van der Waals surface area contributed by atoms with Gasteiger partial charge in [0.25, 0.3) is 0 Å². The SMILES string of the molecule is COc1cc(N2CCOCC2)ccc1/C=C\C(N)=O. The van der Waals surface area contributed by atoms with Crippen LogP contribution >= 0.6 is 0 Å². The van der Waals surface area contributed by atoms with Crippen molar-refractivity contribution in [3.8, 4) is 5.75 Å². The summed E-state index contributed by atoms with van der Waals surface area (Å²) >= 11 is 0. The number of amides is 1. The number of methoxy groups -OCH3 is 1. The lowest BCUT2D eigenvalue weighted by Crippen LogP contribution is -2.36. The molecular formula is C14H18N2O3. The number of benzene rings is 1. The number of carbonyl (C=O) groups excluding carboxylic acids is 1. The summed E-state index contributed by atoms with van der Waals surface area (Å²) in [4.78, 5) is 13.0. The highest BCUT2D eigenvalue weighted by atomic mass is 16.5. The van der Waals surface area contributed by atoms with Crippen molar-refractivity contribution in [2.24, 2.45) is 5.73 Å². The quantitative estimate of drug-likeness (QED) is 0.823. The Hall–Kier alpha value is -2.01. The Morgan fingerprint density at radius 2 is 2.16 bits per heavy atom. The maximum absolute atomic E-state index is 10.8. The number of carbonyl (C=O) groups is 1. The summed E-state index contributed by atoms with van der Waals surface area (Å²) in [5.74, 6) is 0.251. The van der Waals surface area contributed by atoms with Gasteiger partial charge in [0.1, 0.15) is 5.75 Å². The molecule has 0 spiro atoms. The molecule has 19 heavy (non-hydrogen) atoms. The highest BCUT2D eigenvalue weighted by molar-refractivity contribution is 5.90. The zero-order valence-corrected chi connectivity index (χ0v) is 11.0. The van der Waals surface area contributed by atoms with Crippen LogP contribution in [0.2, 0.25) is 0 Å². The van der Waals surface area contributed by atoms with Crippen LogP contribution in [0.15, 0.2) is 24.3 Å². The molecule has 0 radical (unpaired) electrons. The van der Waals surface area contributed by atoms with Crippen LogP contribution in [0.25, 0.3) is 6.08 Å². The molecule has 0 bridgehead atoms. The predicted molar refractivity (Wildman–Crippen MR) is 74.3 cm³/mol. The monoisotopic (exact) mass is 262 g/mol. The van der Waals surface area contributed by atoms with E-state index in [1.165, 1.54) is 6.08 Å². The molecule has 0 aromatic heterocycles. The van der Waals surface area contributed by atoms with Gasteiger partial charge in [0, 0.05) is 36.5 Å². The van der Waals surface area contributed by atoms with E-state index >= 15 is 0 Å². The number of rotatable bonds is 4. The first kappa shape index (κ1) is 13.4. The van der Waals surface area contributed by atoms with E-state index in [9.17, 15) is 4.79 Å². The zero-order chi connectivity index (χ0) is 13.7. The van der Waals surface area contributed by atoms with Crippen molar-refractivity contribution < 1.29 is 14.3 Å². The summed E-state index contributed by atoms with van der Waals surface area (Å²) in [6, 6.07) is 5.89. The second-order valence-corrected chi connectivity index (χ2v) is 4.26. The maximum atomic E-state index is 10.8. The predicted octanol–water partition coefficient (Wildman–Crippen LogP) is 1.03. The Morgan fingerprint density at radius 1 is 1.42 bits per heavy atom. The smallest absolute Gasteiger partial charge is 0.241 e. The molecule has 2 rings (SSSR count). The molecule has 0 aliphatic carbocycles. The second kappa shape index (κ2) is 6.24. The van der Waals surface area contributed by atoms with Crippen molar-refractivity contribution in [1.82, 2.24) is 0 Å². The molecule has 102 valence electrons. The first-order valence-electron chi connectivity index (χ1n) is 6.19. The molecule has 1 fully saturated rings. The Morgan fingerprint density at radius 3 is 2.79 bits per heavy atom. The molecule has 1 saturated heterocycles. The average Bonchev–Trinajstić information content (AvgIpc) is 2.45. The van der Waals surface area contributed by atoms with E-state index < -0.39 is 5.91 Å². The molecule has 0 saturated carbocycles. The molecule has 1 aliphatic heterocycles. The van der Waals surface area contributed by atoms with E-state index in [0.29, 0.717) is 0 Å². The number of nitrogens with zero attached hydrogens (tertiary/aromatic N) is 1. The molecule has 2 N–H and O–H groups in total. The van der Waals surface area contributed by atoms with Gasteiger partial charge in [0.2, 0.25) is 5.91 Å². The third kappa shape index (κ3) is 3.48. The number of hydrogen-bond donors (Lipinski definition) is 1. The standard InChI is InChI=1S/C14H18N2O3/c1-18-13-10-12(16-6-8-19-9-7-16)4-2-11(13)3-5-14(15)17/h2-5,10H,6-9H2,1H3,(H2,15,17)/b5-3-. The van der Waals surface area contributed by atoms with Crippen LogP contribution in [-0.2, 0) is 9.53 Å². The van der Waals surface area contributed by atoms with Crippen molar-refractivity contribution in [1.29, 1.82) is 0 Å². The third-order valence-corrected chi connectivity index (χ3v) is 3.02. The highest BCUT2D eigenvalue weighted by Gasteiger charge is 2.12. The molecule has 0 atom stereocenters. The van der Waals surface area contributed by atoms with Crippen LogP contribution in [0.1, 0.15) is 5.56 Å². The van der Waals surface area contributed by atoms with Crippen LogP contribution in [0, 0.1) is 0 Å². The first-order valence-corrected chi connectivity index (χ1v) is 6.19. The van der Waals surface area contributed by atoms with Gasteiger partial charge in [-0.25, -0.2) is 0 Å². The Balaban J connectivity index is 2.22. The minimum absolute atomic E-state index is 0.473. The number of ether oxygens (including phenoxy) is 2. The van der Waals surface area contributed by atoms with Crippen molar-refractivity contribution in [3.05, 3.63) is 29.8 Å². The summed E-state index contributed by atoms with van der Waals surface area (Å²) in [7, 11) is 1.61. The summed E-state index contributed by atoms with van der Waals surface area (Å²) in [6.45, 7) is 3.23. The van der Waals surface area contributed by atoms with Gasteiger partial charge in [-0.1, -0.05) is 0 Å². The molecule has 1 aliphatic rings. The van der Waals surface area contributed by atoms with Crippen LogP contribution in [-0.4, -0.2) is 39.3 Å². The molecule has 5 heteroatoms. The van der Waals surface area contributed by atoms with Gasteiger partial charge < -0.3 is 20.1 Å². The number of primary amides is 1. The number of morpholine rings is 1. The fraction of sp³-hybridized carbons (Fsp3) is 0.357. The lowest BCUT2D eigenvalue weighted by atomic mass is 10.1.